The zero-order valence-corrected chi connectivity index (χ0v) is 31.8. The number of carbonyl (C=O) groups is 3. The lowest BCUT2D eigenvalue weighted by atomic mass is 9.89. The van der Waals surface area contributed by atoms with Gasteiger partial charge in [0.2, 0.25) is 11.8 Å². The predicted molar refractivity (Wildman–Crippen MR) is 205 cm³/mol. The summed E-state index contributed by atoms with van der Waals surface area (Å²) < 4.78 is 46.9. The summed E-state index contributed by atoms with van der Waals surface area (Å²) in [6.45, 7) is 2.55. The van der Waals surface area contributed by atoms with Gasteiger partial charge in [-0.25, -0.2) is 4.79 Å². The molecule has 296 valence electrons. The lowest BCUT2D eigenvalue weighted by molar-refractivity contribution is -0.275. The standard InChI is InChI=1S/C40H43ClF3N7O5/c1-48-23-32(30-9-14-45-21-31(30)38(48)54)25-3-4-26(35(19-25)56-40(42,43)44)22-50-15-12-28(13-16-50)49(2)39(55)51-17-10-24(11-18-51)29-6-5-27(20-33(29)41)46-34-7-8-36(52)47-37(34)53/h3-6,9,14,19-21,23-24,28,34,46H,7-8,10-13,15-18,22H2,1-2H3,(H,47,52,53). The topological polar surface area (TPSA) is 129 Å². The number of pyridine rings is 2. The molecule has 0 aliphatic carbocycles. The van der Waals surface area contributed by atoms with Crippen LogP contribution in [0.4, 0.5) is 23.7 Å². The van der Waals surface area contributed by atoms with Crippen LogP contribution in [0.2, 0.25) is 5.02 Å². The van der Waals surface area contributed by atoms with E-state index in [-0.39, 0.29) is 54.1 Å². The predicted octanol–water partition coefficient (Wildman–Crippen LogP) is 6.27. The number of benzene rings is 2. The highest BCUT2D eigenvalue weighted by Gasteiger charge is 2.34. The number of nitrogens with zero attached hydrogens (tertiary/aromatic N) is 5. The van der Waals surface area contributed by atoms with Crippen LogP contribution in [-0.4, -0.2) is 93.8 Å². The molecule has 0 spiro atoms. The first-order valence-electron chi connectivity index (χ1n) is 18.7. The Morgan fingerprint density at radius 1 is 1.00 bits per heavy atom. The number of rotatable bonds is 8. The molecule has 16 heteroatoms. The van der Waals surface area contributed by atoms with Crippen molar-refractivity contribution >= 4 is 45.9 Å². The number of aromatic nitrogens is 2. The number of fused-ring (bicyclic) bond motifs is 1. The number of halogens is 4. The van der Waals surface area contributed by atoms with Crippen molar-refractivity contribution < 1.29 is 32.3 Å². The molecular formula is C40H43ClF3N7O5. The summed E-state index contributed by atoms with van der Waals surface area (Å²) in [6, 6.07) is 11.5. The Bertz CT molecular complexity index is 2200. The minimum Gasteiger partial charge on any atom is -0.405 e. The molecule has 4 amide bonds. The fourth-order valence-electron chi connectivity index (χ4n) is 8.06. The molecule has 0 saturated carbocycles. The van der Waals surface area contributed by atoms with Crippen molar-refractivity contribution in [2.24, 2.45) is 7.05 Å². The van der Waals surface area contributed by atoms with Crippen LogP contribution in [0.3, 0.4) is 0 Å². The Labute approximate surface area is 326 Å². The van der Waals surface area contributed by atoms with Gasteiger partial charge in [0.1, 0.15) is 11.8 Å². The van der Waals surface area contributed by atoms with Gasteiger partial charge in [-0.3, -0.25) is 29.6 Å². The molecule has 3 aliphatic heterocycles. The largest absolute Gasteiger partial charge is 0.573 e. The molecule has 2 aromatic heterocycles. The third kappa shape index (κ3) is 8.63. The first-order valence-corrected chi connectivity index (χ1v) is 19.1. The molecule has 4 aromatic rings. The highest BCUT2D eigenvalue weighted by atomic mass is 35.5. The van der Waals surface area contributed by atoms with Crippen molar-refractivity contribution in [2.75, 3.05) is 38.5 Å². The molecule has 56 heavy (non-hydrogen) atoms. The maximum Gasteiger partial charge on any atom is 0.573 e. The van der Waals surface area contributed by atoms with Crippen molar-refractivity contribution in [2.45, 2.75) is 69.4 Å². The Morgan fingerprint density at radius 3 is 2.45 bits per heavy atom. The van der Waals surface area contributed by atoms with Gasteiger partial charge < -0.3 is 24.4 Å². The van der Waals surface area contributed by atoms with Gasteiger partial charge in [-0.1, -0.05) is 29.8 Å². The van der Waals surface area contributed by atoms with Crippen LogP contribution in [0, 0.1) is 0 Å². The van der Waals surface area contributed by atoms with Crippen LogP contribution >= 0.6 is 11.6 Å². The van der Waals surface area contributed by atoms with Crippen LogP contribution < -0.4 is 20.9 Å². The zero-order valence-electron chi connectivity index (χ0n) is 31.1. The van der Waals surface area contributed by atoms with E-state index in [2.05, 4.69) is 25.3 Å². The summed E-state index contributed by atoms with van der Waals surface area (Å²) in [4.78, 5) is 59.7. The SMILES string of the molecule is CN(C(=O)N1CCC(c2ccc(NC3CCC(=O)NC3=O)cc2Cl)CC1)C1CCN(Cc2ccc(-c3cn(C)c(=O)c4cnccc34)cc2OC(F)(F)F)CC1. The Kier molecular flexibility index (Phi) is 11.3. The Morgan fingerprint density at radius 2 is 1.75 bits per heavy atom. The van der Waals surface area contributed by atoms with Crippen molar-refractivity contribution in [3.8, 4) is 16.9 Å². The maximum absolute atomic E-state index is 13.6. The number of urea groups is 1. The molecule has 7 rings (SSSR count). The fraction of sp³-hybridized carbons (Fsp3) is 0.425. The third-order valence-corrected chi connectivity index (χ3v) is 11.5. The molecule has 5 heterocycles. The normalized spacial score (nSPS) is 18.9. The Hall–Kier alpha value is -5.15. The summed E-state index contributed by atoms with van der Waals surface area (Å²) in [5, 5.41) is 7.03. The average molecular weight is 794 g/mol. The molecular weight excluding hydrogens is 751 g/mol. The molecule has 1 atom stereocenters. The zero-order chi connectivity index (χ0) is 39.7. The van der Waals surface area contributed by atoms with E-state index < -0.39 is 12.4 Å². The molecule has 1 unspecified atom stereocenters. The van der Waals surface area contributed by atoms with Crippen LogP contribution in [0.15, 0.2) is 65.8 Å². The number of likely N-dealkylation sites (tertiary alicyclic amines) is 2. The number of piperidine rings is 3. The van der Waals surface area contributed by atoms with E-state index >= 15 is 0 Å². The van der Waals surface area contributed by atoms with Gasteiger partial charge in [-0.15, -0.1) is 13.2 Å². The molecule has 3 saturated heterocycles. The smallest absolute Gasteiger partial charge is 0.405 e. The second-order valence-corrected chi connectivity index (χ2v) is 15.2. The van der Waals surface area contributed by atoms with Crippen LogP contribution in [0.5, 0.6) is 5.75 Å². The lowest BCUT2D eigenvalue weighted by Gasteiger charge is -2.40. The molecule has 3 aliphatic rings. The van der Waals surface area contributed by atoms with E-state index in [0.717, 1.165) is 18.4 Å². The average Bonchev–Trinajstić information content (AvgIpc) is 3.17. The second-order valence-electron chi connectivity index (χ2n) is 14.8. The van der Waals surface area contributed by atoms with Crippen molar-refractivity contribution in [3.63, 3.8) is 0 Å². The first kappa shape index (κ1) is 39.1. The van der Waals surface area contributed by atoms with Crippen LogP contribution in [0.25, 0.3) is 21.9 Å². The number of anilines is 1. The monoisotopic (exact) mass is 793 g/mol. The highest BCUT2D eigenvalue weighted by molar-refractivity contribution is 6.31. The molecule has 0 radical (unpaired) electrons. The first-order chi connectivity index (χ1) is 26.7. The third-order valence-electron chi connectivity index (χ3n) is 11.2. The van der Waals surface area contributed by atoms with Gasteiger partial charge in [0.25, 0.3) is 5.56 Å². The van der Waals surface area contributed by atoms with Gasteiger partial charge in [-0.2, -0.15) is 0 Å². The van der Waals surface area contributed by atoms with Gasteiger partial charge in [-0.05, 0) is 78.8 Å². The van der Waals surface area contributed by atoms with E-state index in [9.17, 15) is 32.3 Å². The number of imide groups is 1. The minimum atomic E-state index is -4.90. The molecule has 12 nitrogen and oxygen atoms in total. The summed E-state index contributed by atoms with van der Waals surface area (Å²) in [6.07, 6.45) is 3.20. The maximum atomic E-state index is 13.6. The summed E-state index contributed by atoms with van der Waals surface area (Å²) in [5.41, 5.74) is 2.88. The molecule has 3 fully saturated rings. The molecule has 0 bridgehead atoms. The second kappa shape index (κ2) is 16.1. The number of nitrogens with one attached hydrogen (secondary N) is 2. The van der Waals surface area contributed by atoms with Gasteiger partial charge in [0, 0.05) is 99.7 Å². The molecule has 2 N–H and O–H groups in total. The van der Waals surface area contributed by atoms with E-state index in [1.165, 1.54) is 23.0 Å². The number of aryl methyl sites for hydroxylation is 1. The summed E-state index contributed by atoms with van der Waals surface area (Å²) in [7, 11) is 3.40. The number of ether oxygens (including phenoxy) is 1. The van der Waals surface area contributed by atoms with Crippen molar-refractivity contribution in [1.82, 2.24) is 29.6 Å². The number of alkyl halides is 3. The number of hydrogen-bond acceptors (Lipinski definition) is 8. The molecule has 2 aromatic carbocycles. The van der Waals surface area contributed by atoms with Crippen molar-refractivity contribution in [3.05, 3.63) is 87.6 Å². The van der Waals surface area contributed by atoms with Gasteiger partial charge >= 0.3 is 12.4 Å². The number of hydrogen-bond donors (Lipinski definition) is 2. The quantitative estimate of drug-likeness (QED) is 0.200. The summed E-state index contributed by atoms with van der Waals surface area (Å²) in [5.74, 6) is -0.754. The lowest BCUT2D eigenvalue weighted by Crippen LogP contribution is -2.51. The van der Waals surface area contributed by atoms with Gasteiger partial charge in [0.15, 0.2) is 0 Å². The van der Waals surface area contributed by atoms with E-state index in [4.69, 9.17) is 11.6 Å². The Balaban J connectivity index is 0.937. The minimum absolute atomic E-state index is 0.0175. The summed E-state index contributed by atoms with van der Waals surface area (Å²) >= 11 is 6.70. The van der Waals surface area contributed by atoms with Crippen LogP contribution in [0.1, 0.15) is 55.6 Å². The van der Waals surface area contributed by atoms with Crippen molar-refractivity contribution in [1.29, 1.82) is 0 Å². The highest BCUT2D eigenvalue weighted by Crippen LogP contribution is 2.37. The van der Waals surface area contributed by atoms with Crippen LogP contribution in [-0.2, 0) is 23.2 Å². The van der Waals surface area contributed by atoms with Gasteiger partial charge in [0.05, 0.1) is 5.39 Å². The number of carbonyl (C=O) groups excluding carboxylic acids is 3. The number of amides is 4. The van der Waals surface area contributed by atoms with E-state index in [1.807, 2.05) is 24.1 Å². The van der Waals surface area contributed by atoms with E-state index in [0.29, 0.717) is 83.6 Å². The van der Waals surface area contributed by atoms with E-state index in [1.54, 1.807) is 42.4 Å². The fourth-order valence-corrected chi connectivity index (χ4v) is 8.40.